The van der Waals surface area contributed by atoms with Crippen LogP contribution < -0.4 is 5.32 Å². The number of carbonyl (C=O) groups is 2. The molecule has 8 heteroatoms. The number of piperidine rings is 1. The average Bonchev–Trinajstić information content (AvgIpc) is 3.26. The normalized spacial score (nSPS) is 14.5. The molecule has 0 radical (unpaired) electrons. The maximum Gasteiger partial charge on any atom is 0.276 e. The summed E-state index contributed by atoms with van der Waals surface area (Å²) in [6.07, 6.45) is 1.18. The number of rotatable bonds is 4. The number of halogens is 2. The van der Waals surface area contributed by atoms with Gasteiger partial charge in [0.15, 0.2) is 11.5 Å². The molecule has 2 amide bonds. The number of carbonyl (C=O) groups excluding carboxylic acids is 2. The third-order valence-corrected chi connectivity index (χ3v) is 5.63. The molecule has 3 aromatic rings. The molecule has 4 rings (SSSR count). The van der Waals surface area contributed by atoms with Crippen LogP contribution in [0, 0.1) is 5.92 Å². The highest BCUT2D eigenvalue weighted by Crippen LogP contribution is 2.25. The van der Waals surface area contributed by atoms with Gasteiger partial charge in [-0.05, 0) is 61.4 Å². The van der Waals surface area contributed by atoms with E-state index in [9.17, 15) is 9.59 Å². The molecule has 2 heterocycles. The number of hydrogen-bond donors (Lipinski definition) is 1. The van der Waals surface area contributed by atoms with Crippen LogP contribution in [0.1, 0.15) is 23.3 Å². The molecule has 2 aromatic carbocycles. The zero-order chi connectivity index (χ0) is 21.1. The second-order valence-electron chi connectivity index (χ2n) is 7.15. The van der Waals surface area contributed by atoms with Crippen LogP contribution in [-0.2, 0) is 4.79 Å². The van der Waals surface area contributed by atoms with E-state index in [1.54, 1.807) is 47.4 Å². The van der Waals surface area contributed by atoms with Gasteiger partial charge in [-0.3, -0.25) is 9.59 Å². The van der Waals surface area contributed by atoms with Crippen LogP contribution in [0.15, 0.2) is 59.1 Å². The lowest BCUT2D eigenvalue weighted by molar-refractivity contribution is -0.121. The molecule has 6 nitrogen and oxygen atoms in total. The summed E-state index contributed by atoms with van der Waals surface area (Å²) >= 11 is 11.8. The van der Waals surface area contributed by atoms with Crippen LogP contribution in [0.25, 0.3) is 11.3 Å². The molecular formula is C22H19Cl2N3O3. The molecule has 0 unspecified atom stereocenters. The van der Waals surface area contributed by atoms with E-state index in [1.165, 1.54) is 0 Å². The minimum atomic E-state index is -0.199. The summed E-state index contributed by atoms with van der Waals surface area (Å²) in [5, 5.41) is 8.06. The van der Waals surface area contributed by atoms with Gasteiger partial charge in [0.05, 0.1) is 0 Å². The van der Waals surface area contributed by atoms with Crippen molar-refractivity contribution in [3.63, 3.8) is 0 Å². The number of nitrogens with one attached hydrogen (secondary N) is 1. The van der Waals surface area contributed by atoms with Crippen molar-refractivity contribution in [1.82, 2.24) is 10.1 Å². The second-order valence-corrected chi connectivity index (χ2v) is 8.02. The average molecular weight is 444 g/mol. The van der Waals surface area contributed by atoms with Crippen molar-refractivity contribution < 1.29 is 14.1 Å². The quantitative estimate of drug-likeness (QED) is 0.605. The minimum Gasteiger partial charge on any atom is -0.355 e. The van der Waals surface area contributed by atoms with Crippen molar-refractivity contribution in [3.05, 3.63) is 70.3 Å². The zero-order valence-electron chi connectivity index (χ0n) is 16.0. The molecule has 0 atom stereocenters. The summed E-state index contributed by atoms with van der Waals surface area (Å²) in [7, 11) is 0. The lowest BCUT2D eigenvalue weighted by atomic mass is 9.95. The van der Waals surface area contributed by atoms with Gasteiger partial charge in [0, 0.05) is 46.4 Å². The number of aromatic nitrogens is 1. The third kappa shape index (κ3) is 4.66. The van der Waals surface area contributed by atoms with Gasteiger partial charge < -0.3 is 14.7 Å². The molecule has 0 bridgehead atoms. The Labute approximate surface area is 183 Å². The zero-order valence-corrected chi connectivity index (χ0v) is 17.5. The Morgan fingerprint density at radius 3 is 2.20 bits per heavy atom. The first-order chi connectivity index (χ1) is 14.5. The van der Waals surface area contributed by atoms with E-state index in [4.69, 9.17) is 27.7 Å². The van der Waals surface area contributed by atoms with E-state index in [0.29, 0.717) is 47.4 Å². The summed E-state index contributed by atoms with van der Waals surface area (Å²) in [6, 6.07) is 15.7. The Morgan fingerprint density at radius 1 is 0.967 bits per heavy atom. The number of anilines is 1. The summed E-state index contributed by atoms with van der Waals surface area (Å²) in [5.74, 6) is 0.116. The minimum absolute atomic E-state index is 0.0455. The van der Waals surface area contributed by atoms with Gasteiger partial charge in [-0.15, -0.1) is 0 Å². The van der Waals surface area contributed by atoms with E-state index in [1.807, 2.05) is 12.1 Å². The van der Waals surface area contributed by atoms with Crippen molar-refractivity contribution in [2.45, 2.75) is 12.8 Å². The molecule has 0 spiro atoms. The molecule has 0 saturated carbocycles. The summed E-state index contributed by atoms with van der Waals surface area (Å²) in [5.41, 5.74) is 1.76. The second kappa shape index (κ2) is 8.90. The lowest BCUT2D eigenvalue weighted by Gasteiger charge is -2.30. The Hall–Kier alpha value is -2.83. The van der Waals surface area contributed by atoms with Crippen LogP contribution in [0.2, 0.25) is 10.0 Å². The summed E-state index contributed by atoms with van der Waals surface area (Å²) < 4.78 is 5.32. The number of likely N-dealkylation sites (tertiary alicyclic amines) is 1. The highest BCUT2D eigenvalue weighted by molar-refractivity contribution is 6.30. The number of benzene rings is 2. The molecule has 1 aromatic heterocycles. The maximum atomic E-state index is 12.8. The van der Waals surface area contributed by atoms with Gasteiger partial charge in [-0.2, -0.15) is 0 Å². The predicted molar refractivity (Wildman–Crippen MR) is 116 cm³/mol. The summed E-state index contributed by atoms with van der Waals surface area (Å²) in [6.45, 7) is 0.974. The van der Waals surface area contributed by atoms with E-state index < -0.39 is 0 Å². The van der Waals surface area contributed by atoms with Gasteiger partial charge in [0.2, 0.25) is 5.91 Å². The molecule has 154 valence electrons. The van der Waals surface area contributed by atoms with Gasteiger partial charge in [0.25, 0.3) is 5.91 Å². The largest absolute Gasteiger partial charge is 0.355 e. The Morgan fingerprint density at radius 2 is 1.57 bits per heavy atom. The van der Waals surface area contributed by atoms with Gasteiger partial charge in [-0.25, -0.2) is 0 Å². The molecule has 1 aliphatic heterocycles. The molecule has 0 aliphatic carbocycles. The van der Waals surface area contributed by atoms with E-state index in [0.717, 1.165) is 5.56 Å². The standard InChI is InChI=1S/C22H19Cl2N3O3/c23-16-3-1-14(2-4-16)20-13-19(26-30-20)22(29)27-11-9-15(10-12-27)21(28)25-18-7-5-17(24)6-8-18/h1-8,13,15H,9-12H2,(H,25,28). The smallest absolute Gasteiger partial charge is 0.276 e. The van der Waals surface area contributed by atoms with Gasteiger partial charge in [0.1, 0.15) is 0 Å². The van der Waals surface area contributed by atoms with Crippen LogP contribution in [0.4, 0.5) is 5.69 Å². The fourth-order valence-corrected chi connectivity index (χ4v) is 3.66. The molecule has 1 N–H and O–H groups in total. The number of nitrogens with zero attached hydrogens (tertiary/aromatic N) is 2. The van der Waals surface area contributed by atoms with E-state index >= 15 is 0 Å². The van der Waals surface area contributed by atoms with E-state index in [2.05, 4.69) is 10.5 Å². The lowest BCUT2D eigenvalue weighted by Crippen LogP contribution is -2.41. The Kier molecular flexibility index (Phi) is 6.06. The number of hydrogen-bond acceptors (Lipinski definition) is 4. The van der Waals surface area contributed by atoms with Crippen molar-refractivity contribution in [2.75, 3.05) is 18.4 Å². The monoisotopic (exact) mass is 443 g/mol. The fourth-order valence-electron chi connectivity index (χ4n) is 3.41. The third-order valence-electron chi connectivity index (χ3n) is 5.12. The van der Waals surface area contributed by atoms with Gasteiger partial charge in [-0.1, -0.05) is 28.4 Å². The highest BCUT2D eigenvalue weighted by Gasteiger charge is 2.29. The molecule has 1 aliphatic rings. The maximum absolute atomic E-state index is 12.8. The first-order valence-electron chi connectivity index (χ1n) is 9.58. The molecule has 1 fully saturated rings. The van der Waals surface area contributed by atoms with Crippen molar-refractivity contribution in [3.8, 4) is 11.3 Å². The van der Waals surface area contributed by atoms with Gasteiger partial charge >= 0.3 is 0 Å². The molecule has 1 saturated heterocycles. The number of amides is 2. The van der Waals surface area contributed by atoms with Crippen LogP contribution in [0.3, 0.4) is 0 Å². The van der Waals surface area contributed by atoms with E-state index in [-0.39, 0.29) is 23.4 Å². The predicted octanol–water partition coefficient (Wildman–Crippen LogP) is 5.14. The Bertz CT molecular complexity index is 1040. The van der Waals surface area contributed by atoms with Crippen LogP contribution >= 0.6 is 23.2 Å². The first kappa shape index (κ1) is 20.4. The molecule has 30 heavy (non-hydrogen) atoms. The summed E-state index contributed by atoms with van der Waals surface area (Å²) in [4.78, 5) is 27.0. The Balaban J connectivity index is 1.33. The SMILES string of the molecule is O=C(Nc1ccc(Cl)cc1)C1CCN(C(=O)c2cc(-c3ccc(Cl)cc3)on2)CC1. The van der Waals surface area contributed by atoms with Crippen molar-refractivity contribution >= 4 is 40.7 Å². The topological polar surface area (TPSA) is 75.4 Å². The van der Waals surface area contributed by atoms with Crippen molar-refractivity contribution in [1.29, 1.82) is 0 Å². The molecular weight excluding hydrogens is 425 g/mol. The van der Waals surface area contributed by atoms with Crippen LogP contribution in [0.5, 0.6) is 0 Å². The highest BCUT2D eigenvalue weighted by atomic mass is 35.5. The first-order valence-corrected chi connectivity index (χ1v) is 10.3. The van der Waals surface area contributed by atoms with Crippen LogP contribution in [-0.4, -0.2) is 35.0 Å². The van der Waals surface area contributed by atoms with Crippen molar-refractivity contribution in [2.24, 2.45) is 5.92 Å². The fraction of sp³-hybridized carbons (Fsp3) is 0.227.